The number of carbonyl (C=O) groups excluding carboxylic acids is 3. The molecule has 2 N–H and O–H groups in total. The number of carbonyl (C=O) groups is 3. The molecule has 7 nitrogen and oxygen atoms in total. The first kappa shape index (κ1) is 28.4. The first-order valence-corrected chi connectivity index (χ1v) is 14.1. The fourth-order valence-corrected chi connectivity index (χ4v) is 5.83. The van der Waals surface area contributed by atoms with Crippen molar-refractivity contribution >= 4 is 40.6 Å². The van der Waals surface area contributed by atoms with Gasteiger partial charge in [-0.25, -0.2) is 4.79 Å². The van der Waals surface area contributed by atoms with Crippen molar-refractivity contribution in [3.63, 3.8) is 0 Å². The number of esters is 1. The number of Topliss-reactive ketones (excluding diaryl/α,β-unsaturated/α-hetero) is 1. The smallest absolute Gasteiger partial charge is 0.337 e. The lowest BCUT2D eigenvalue weighted by Gasteiger charge is -2.38. The number of ketones is 1. The fraction of sp³-hybridized carbons (Fsp3) is 0.303. The normalized spacial score (nSPS) is 17.6. The van der Waals surface area contributed by atoms with Gasteiger partial charge in [0.2, 0.25) is 5.91 Å². The molecule has 0 fully saturated rings. The maximum Gasteiger partial charge on any atom is 0.337 e. The lowest BCUT2D eigenvalue weighted by Crippen LogP contribution is -2.42. The van der Waals surface area contributed by atoms with E-state index in [0.29, 0.717) is 42.0 Å². The highest BCUT2D eigenvalue weighted by molar-refractivity contribution is 6.30. The minimum absolute atomic E-state index is 0.0379. The molecule has 1 amide bonds. The van der Waals surface area contributed by atoms with Crippen molar-refractivity contribution in [3.05, 3.63) is 106 Å². The van der Waals surface area contributed by atoms with Gasteiger partial charge in [-0.3, -0.25) is 9.59 Å². The van der Waals surface area contributed by atoms with Gasteiger partial charge < -0.3 is 20.3 Å². The maximum absolute atomic E-state index is 13.8. The summed E-state index contributed by atoms with van der Waals surface area (Å²) in [6.45, 7) is 4.70. The number of allylic oxidation sites excluding steroid dienone is 1. The summed E-state index contributed by atoms with van der Waals surface area (Å²) in [5.74, 6) is -0.541. The number of hydrogen-bond acceptors (Lipinski definition) is 6. The zero-order chi connectivity index (χ0) is 29.1. The Morgan fingerprint density at radius 3 is 2.44 bits per heavy atom. The van der Waals surface area contributed by atoms with E-state index in [1.54, 1.807) is 12.1 Å². The molecule has 3 aromatic rings. The molecule has 8 heteroatoms. The third-order valence-electron chi connectivity index (χ3n) is 7.61. The number of nitrogens with zero attached hydrogens (tertiary/aromatic N) is 1. The van der Waals surface area contributed by atoms with E-state index in [1.165, 1.54) is 7.11 Å². The van der Waals surface area contributed by atoms with E-state index in [2.05, 4.69) is 24.5 Å². The number of rotatable bonds is 7. The van der Waals surface area contributed by atoms with Crippen LogP contribution in [0.3, 0.4) is 0 Å². The summed E-state index contributed by atoms with van der Waals surface area (Å²) >= 11 is 6.00. The lowest BCUT2D eigenvalue weighted by atomic mass is 9.73. The van der Waals surface area contributed by atoms with Crippen LogP contribution in [0.1, 0.15) is 54.2 Å². The van der Waals surface area contributed by atoms with E-state index < -0.39 is 12.0 Å². The van der Waals surface area contributed by atoms with Crippen molar-refractivity contribution in [3.8, 4) is 0 Å². The topological polar surface area (TPSA) is 87.7 Å². The highest BCUT2D eigenvalue weighted by Crippen LogP contribution is 2.48. The molecule has 1 unspecified atom stereocenters. The number of hydrogen-bond donors (Lipinski definition) is 2. The predicted molar refractivity (Wildman–Crippen MR) is 161 cm³/mol. The maximum atomic E-state index is 13.8. The number of nitrogens with one attached hydrogen (secondary N) is 2. The molecule has 1 aliphatic carbocycles. The molecular formula is C33H34ClN3O4. The molecule has 1 heterocycles. The Bertz CT molecular complexity index is 1500. The Kier molecular flexibility index (Phi) is 8.18. The third kappa shape index (κ3) is 6.30. The van der Waals surface area contributed by atoms with Crippen molar-refractivity contribution in [1.82, 2.24) is 5.32 Å². The Morgan fingerprint density at radius 2 is 1.73 bits per heavy atom. The van der Waals surface area contributed by atoms with Crippen LogP contribution in [0.25, 0.3) is 0 Å². The number of fused-ring (bicyclic) bond motifs is 1. The van der Waals surface area contributed by atoms with E-state index in [-0.39, 0.29) is 23.7 Å². The molecule has 0 bridgehead atoms. The van der Waals surface area contributed by atoms with Crippen LogP contribution in [0.15, 0.2) is 84.1 Å². The molecule has 2 aliphatic rings. The first-order valence-electron chi connectivity index (χ1n) is 13.7. The second kappa shape index (κ2) is 11.8. The summed E-state index contributed by atoms with van der Waals surface area (Å²) in [7, 11) is 1.34. The number of anilines is 2. The summed E-state index contributed by atoms with van der Waals surface area (Å²) < 4.78 is 4.88. The standard InChI is InChI=1S/C33H34ClN3O4/c1-33(2)18-26-30(28(38)19-33)31(22-10-12-23(13-11-22)32(40)41-3)37(27-7-5-4-6-25(27)36-26)20-29(39)35-17-16-21-8-14-24(34)15-9-21/h4-15,31,36H,16-20H2,1-3H3,(H,35,39). The van der Waals surface area contributed by atoms with Crippen LogP contribution in [-0.4, -0.2) is 37.9 Å². The number of methoxy groups -OCH3 is 1. The van der Waals surface area contributed by atoms with Gasteiger partial charge in [0.05, 0.1) is 36.6 Å². The number of para-hydroxylation sites is 2. The van der Waals surface area contributed by atoms with Gasteiger partial charge in [0.25, 0.3) is 0 Å². The molecule has 1 aliphatic heterocycles. The van der Waals surface area contributed by atoms with Gasteiger partial charge in [-0.2, -0.15) is 0 Å². The van der Waals surface area contributed by atoms with Gasteiger partial charge in [0.1, 0.15) is 0 Å². The molecular weight excluding hydrogens is 538 g/mol. The van der Waals surface area contributed by atoms with Crippen LogP contribution in [0.2, 0.25) is 5.02 Å². The van der Waals surface area contributed by atoms with E-state index in [4.69, 9.17) is 16.3 Å². The number of halogens is 1. The van der Waals surface area contributed by atoms with Gasteiger partial charge in [0, 0.05) is 29.3 Å². The van der Waals surface area contributed by atoms with Gasteiger partial charge in [0.15, 0.2) is 5.78 Å². The summed E-state index contributed by atoms with van der Waals surface area (Å²) in [4.78, 5) is 41.4. The molecule has 5 rings (SSSR count). The first-order chi connectivity index (χ1) is 19.6. The Morgan fingerprint density at radius 1 is 1.02 bits per heavy atom. The van der Waals surface area contributed by atoms with Crippen molar-refractivity contribution in [2.45, 2.75) is 39.2 Å². The second-order valence-electron chi connectivity index (χ2n) is 11.3. The summed E-state index contributed by atoms with van der Waals surface area (Å²) in [5, 5.41) is 7.28. The largest absolute Gasteiger partial charge is 0.465 e. The zero-order valence-corrected chi connectivity index (χ0v) is 24.3. The quantitative estimate of drug-likeness (QED) is 0.333. The summed E-state index contributed by atoms with van der Waals surface area (Å²) in [6, 6.07) is 21.9. The second-order valence-corrected chi connectivity index (χ2v) is 11.8. The van der Waals surface area contributed by atoms with E-state index >= 15 is 0 Å². The molecule has 41 heavy (non-hydrogen) atoms. The van der Waals surface area contributed by atoms with Crippen molar-refractivity contribution in [2.75, 3.05) is 30.4 Å². The van der Waals surface area contributed by atoms with Crippen LogP contribution in [0.4, 0.5) is 11.4 Å². The van der Waals surface area contributed by atoms with E-state index in [0.717, 1.165) is 28.2 Å². The van der Waals surface area contributed by atoms with Crippen LogP contribution in [0.5, 0.6) is 0 Å². The Hall–Kier alpha value is -4.10. The van der Waals surface area contributed by atoms with Crippen LogP contribution in [0, 0.1) is 5.41 Å². The van der Waals surface area contributed by atoms with Crippen molar-refractivity contribution < 1.29 is 19.1 Å². The molecule has 0 saturated carbocycles. The van der Waals surface area contributed by atoms with Gasteiger partial charge in [-0.1, -0.05) is 61.8 Å². The average Bonchev–Trinajstić information content (AvgIpc) is 3.07. The third-order valence-corrected chi connectivity index (χ3v) is 7.87. The summed E-state index contributed by atoms with van der Waals surface area (Å²) in [6.07, 6.45) is 1.77. The van der Waals surface area contributed by atoms with Crippen molar-refractivity contribution in [2.24, 2.45) is 5.41 Å². The van der Waals surface area contributed by atoms with E-state index in [9.17, 15) is 14.4 Å². The molecule has 212 valence electrons. The zero-order valence-electron chi connectivity index (χ0n) is 23.5. The van der Waals surface area contributed by atoms with Gasteiger partial charge in [-0.15, -0.1) is 0 Å². The van der Waals surface area contributed by atoms with Gasteiger partial charge >= 0.3 is 5.97 Å². The van der Waals surface area contributed by atoms with Crippen LogP contribution < -0.4 is 15.5 Å². The Labute approximate surface area is 245 Å². The molecule has 0 aromatic heterocycles. The molecule has 0 saturated heterocycles. The van der Waals surface area contributed by atoms with Gasteiger partial charge in [-0.05, 0) is 65.8 Å². The predicted octanol–water partition coefficient (Wildman–Crippen LogP) is 6.10. The molecule has 3 aromatic carbocycles. The highest BCUT2D eigenvalue weighted by Gasteiger charge is 2.41. The molecule has 0 spiro atoms. The van der Waals surface area contributed by atoms with Crippen LogP contribution in [-0.2, 0) is 20.7 Å². The summed E-state index contributed by atoms with van der Waals surface area (Å²) in [5.41, 5.74) is 5.28. The van der Waals surface area contributed by atoms with Crippen LogP contribution >= 0.6 is 11.6 Å². The fourth-order valence-electron chi connectivity index (χ4n) is 5.70. The lowest BCUT2D eigenvalue weighted by molar-refractivity contribution is -0.120. The SMILES string of the molecule is COC(=O)c1ccc(C2C3=C(CC(C)(C)CC3=O)Nc3ccccc3N2CC(=O)NCCc2ccc(Cl)cc2)cc1. The monoisotopic (exact) mass is 571 g/mol. The average molecular weight is 572 g/mol. The Balaban J connectivity index is 1.51. The minimum Gasteiger partial charge on any atom is -0.465 e. The minimum atomic E-state index is -0.529. The molecule has 0 radical (unpaired) electrons. The highest BCUT2D eigenvalue weighted by atomic mass is 35.5. The number of amides is 1. The number of benzene rings is 3. The number of ether oxygens (including phenoxy) is 1. The molecule has 1 atom stereocenters. The van der Waals surface area contributed by atoms with E-state index in [1.807, 2.05) is 65.6 Å². The van der Waals surface area contributed by atoms with Crippen molar-refractivity contribution in [1.29, 1.82) is 0 Å².